The van der Waals surface area contributed by atoms with Crippen LogP contribution in [0.2, 0.25) is 0 Å². The van der Waals surface area contributed by atoms with Gasteiger partial charge in [-0.05, 0) is 19.8 Å². The second-order valence-corrected chi connectivity index (χ2v) is 4.44. The Morgan fingerprint density at radius 3 is 3.29 bits per heavy atom. The van der Waals surface area contributed by atoms with Crippen LogP contribution in [0.25, 0.3) is 0 Å². The van der Waals surface area contributed by atoms with Gasteiger partial charge in [-0.25, -0.2) is 4.98 Å². The van der Waals surface area contributed by atoms with Gasteiger partial charge < -0.3 is 10.1 Å². The molecule has 1 aromatic rings. The number of hydrogen-bond acceptors (Lipinski definition) is 5. The molecular formula is C9H15N3OS. The van der Waals surface area contributed by atoms with Crippen LogP contribution >= 0.6 is 11.5 Å². The smallest absolute Gasteiger partial charge is 0.202 e. The highest BCUT2D eigenvalue weighted by Crippen LogP contribution is 2.20. The molecule has 0 radical (unpaired) electrons. The molecule has 1 aromatic heterocycles. The second kappa shape index (κ2) is 4.70. The summed E-state index contributed by atoms with van der Waals surface area (Å²) in [6, 6.07) is 0.420. The van der Waals surface area contributed by atoms with Crippen LogP contribution in [0.1, 0.15) is 19.8 Å². The van der Waals surface area contributed by atoms with Crippen molar-refractivity contribution in [1.82, 2.24) is 9.36 Å². The van der Waals surface area contributed by atoms with Gasteiger partial charge >= 0.3 is 0 Å². The highest BCUT2D eigenvalue weighted by Gasteiger charge is 2.20. The van der Waals surface area contributed by atoms with Crippen molar-refractivity contribution >= 4 is 16.7 Å². The van der Waals surface area contributed by atoms with E-state index in [1.807, 2.05) is 0 Å². The highest BCUT2D eigenvalue weighted by molar-refractivity contribution is 7.09. The van der Waals surface area contributed by atoms with E-state index in [1.54, 1.807) is 6.33 Å². The fraction of sp³-hybridized carbons (Fsp3) is 0.778. The molecule has 2 unspecified atom stereocenters. The molecule has 1 aliphatic rings. The van der Waals surface area contributed by atoms with Gasteiger partial charge in [-0.3, -0.25) is 0 Å². The lowest BCUT2D eigenvalue weighted by Gasteiger charge is -2.27. The number of nitrogens with one attached hydrogen (secondary N) is 1. The summed E-state index contributed by atoms with van der Waals surface area (Å²) in [5, 5.41) is 4.26. The monoisotopic (exact) mass is 213 g/mol. The quantitative estimate of drug-likeness (QED) is 0.831. The van der Waals surface area contributed by atoms with E-state index >= 15 is 0 Å². The average molecular weight is 213 g/mol. The minimum atomic E-state index is 0.420. The fourth-order valence-corrected chi connectivity index (χ4v) is 2.24. The Balaban J connectivity index is 1.85. The van der Waals surface area contributed by atoms with Gasteiger partial charge in [0.05, 0.1) is 6.61 Å². The van der Waals surface area contributed by atoms with Crippen LogP contribution in [-0.4, -0.2) is 28.6 Å². The summed E-state index contributed by atoms with van der Waals surface area (Å²) in [5.74, 6) is 0.604. The average Bonchev–Trinajstić information content (AvgIpc) is 2.72. The second-order valence-electron chi connectivity index (χ2n) is 3.66. The number of nitrogens with zero attached hydrogens (tertiary/aromatic N) is 2. The van der Waals surface area contributed by atoms with Crippen LogP contribution in [0, 0.1) is 5.92 Å². The fourth-order valence-electron chi connectivity index (χ4n) is 1.71. The molecule has 0 amide bonds. The summed E-state index contributed by atoms with van der Waals surface area (Å²) >= 11 is 1.40. The van der Waals surface area contributed by atoms with Crippen LogP contribution in [0.4, 0.5) is 5.13 Å². The molecule has 0 saturated carbocycles. The van der Waals surface area contributed by atoms with Crippen molar-refractivity contribution in [3.8, 4) is 0 Å². The maximum atomic E-state index is 5.45. The Morgan fingerprint density at radius 1 is 1.71 bits per heavy atom. The van der Waals surface area contributed by atoms with Crippen molar-refractivity contribution in [2.24, 2.45) is 5.92 Å². The summed E-state index contributed by atoms with van der Waals surface area (Å²) in [5.41, 5.74) is 0. The number of anilines is 1. The third-order valence-corrected chi connectivity index (χ3v) is 3.21. The van der Waals surface area contributed by atoms with E-state index in [2.05, 4.69) is 21.6 Å². The minimum absolute atomic E-state index is 0.420. The first-order chi connectivity index (χ1) is 6.86. The van der Waals surface area contributed by atoms with Gasteiger partial charge in [-0.15, -0.1) is 0 Å². The minimum Gasteiger partial charge on any atom is -0.381 e. The Morgan fingerprint density at radius 2 is 2.64 bits per heavy atom. The van der Waals surface area contributed by atoms with E-state index in [9.17, 15) is 0 Å². The van der Waals surface area contributed by atoms with Crippen molar-refractivity contribution in [2.75, 3.05) is 18.5 Å². The van der Waals surface area contributed by atoms with Crippen LogP contribution in [0.15, 0.2) is 6.33 Å². The van der Waals surface area contributed by atoms with E-state index in [4.69, 9.17) is 4.74 Å². The zero-order valence-electron chi connectivity index (χ0n) is 8.27. The zero-order chi connectivity index (χ0) is 9.80. The van der Waals surface area contributed by atoms with Crippen molar-refractivity contribution in [3.05, 3.63) is 6.33 Å². The predicted molar refractivity (Wildman–Crippen MR) is 56.5 cm³/mol. The molecule has 1 N–H and O–H groups in total. The number of aromatic nitrogens is 2. The molecule has 0 spiro atoms. The highest BCUT2D eigenvalue weighted by atomic mass is 32.1. The maximum Gasteiger partial charge on any atom is 0.202 e. The normalized spacial score (nSPS) is 24.5. The van der Waals surface area contributed by atoms with Crippen LogP contribution in [0.5, 0.6) is 0 Å². The molecule has 0 aliphatic carbocycles. The van der Waals surface area contributed by atoms with E-state index in [-0.39, 0.29) is 0 Å². The number of rotatable bonds is 3. The van der Waals surface area contributed by atoms with Crippen LogP contribution < -0.4 is 5.32 Å². The van der Waals surface area contributed by atoms with E-state index in [0.29, 0.717) is 12.0 Å². The first kappa shape index (κ1) is 9.86. The Hall–Kier alpha value is -0.680. The lowest BCUT2D eigenvalue weighted by atomic mass is 9.95. The molecule has 4 nitrogen and oxygen atoms in total. The number of hydrogen-bond donors (Lipinski definition) is 1. The van der Waals surface area contributed by atoms with E-state index in [1.165, 1.54) is 24.4 Å². The van der Waals surface area contributed by atoms with Gasteiger partial charge in [0.1, 0.15) is 6.33 Å². The van der Waals surface area contributed by atoms with Crippen molar-refractivity contribution in [3.63, 3.8) is 0 Å². The van der Waals surface area contributed by atoms with E-state index in [0.717, 1.165) is 18.3 Å². The van der Waals surface area contributed by atoms with Crippen molar-refractivity contribution < 1.29 is 4.74 Å². The zero-order valence-corrected chi connectivity index (χ0v) is 9.09. The summed E-state index contributed by atoms with van der Waals surface area (Å²) in [7, 11) is 0. The molecule has 0 aromatic carbocycles. The largest absolute Gasteiger partial charge is 0.381 e. The first-order valence-electron chi connectivity index (χ1n) is 4.97. The van der Waals surface area contributed by atoms with Gasteiger partial charge in [-0.2, -0.15) is 4.37 Å². The van der Waals surface area contributed by atoms with Crippen molar-refractivity contribution in [1.29, 1.82) is 0 Å². The van der Waals surface area contributed by atoms with Crippen molar-refractivity contribution in [2.45, 2.75) is 25.8 Å². The lowest BCUT2D eigenvalue weighted by Crippen LogP contribution is -2.32. The molecule has 2 rings (SSSR count). The molecule has 2 atom stereocenters. The molecule has 1 fully saturated rings. The third kappa shape index (κ3) is 2.42. The molecule has 0 bridgehead atoms. The molecule has 1 saturated heterocycles. The Bertz CT molecular complexity index is 259. The van der Waals surface area contributed by atoms with E-state index < -0.39 is 0 Å². The molecule has 78 valence electrons. The van der Waals surface area contributed by atoms with Crippen LogP contribution in [0.3, 0.4) is 0 Å². The van der Waals surface area contributed by atoms with Gasteiger partial charge in [0, 0.05) is 30.1 Å². The maximum absolute atomic E-state index is 5.45. The summed E-state index contributed by atoms with van der Waals surface area (Å²) in [4.78, 5) is 4.11. The third-order valence-electron chi connectivity index (χ3n) is 2.62. The Kier molecular flexibility index (Phi) is 3.31. The van der Waals surface area contributed by atoms with Gasteiger partial charge in [0.25, 0.3) is 0 Å². The number of ether oxygens (including phenoxy) is 1. The SMILES string of the molecule is CC(Nc1ncns1)C1CCCOC1. The Labute approximate surface area is 87.9 Å². The predicted octanol–water partition coefficient (Wildman–Crippen LogP) is 1.77. The molecular weight excluding hydrogens is 198 g/mol. The molecule has 1 aliphatic heterocycles. The van der Waals surface area contributed by atoms with Crippen LogP contribution in [-0.2, 0) is 4.74 Å². The van der Waals surface area contributed by atoms with Gasteiger partial charge in [-0.1, -0.05) is 0 Å². The standard InChI is InChI=1S/C9H15N3OS/c1-7(8-3-2-4-13-5-8)12-9-10-6-11-14-9/h6-8H,2-5H2,1H3,(H,10,11,12). The summed E-state index contributed by atoms with van der Waals surface area (Å²) in [6.45, 7) is 3.97. The van der Waals surface area contributed by atoms with Gasteiger partial charge in [0.2, 0.25) is 5.13 Å². The summed E-state index contributed by atoms with van der Waals surface area (Å²) < 4.78 is 9.41. The topological polar surface area (TPSA) is 47.0 Å². The van der Waals surface area contributed by atoms with Gasteiger partial charge in [0.15, 0.2) is 0 Å². The first-order valence-corrected chi connectivity index (χ1v) is 5.74. The molecule has 14 heavy (non-hydrogen) atoms. The summed E-state index contributed by atoms with van der Waals surface area (Å²) in [6.07, 6.45) is 4.00. The molecule has 5 heteroatoms. The lowest BCUT2D eigenvalue weighted by molar-refractivity contribution is 0.0496. The molecule has 2 heterocycles.